The van der Waals surface area contributed by atoms with E-state index in [0.29, 0.717) is 5.56 Å². The van der Waals surface area contributed by atoms with Gasteiger partial charge >= 0.3 is 0 Å². The van der Waals surface area contributed by atoms with Crippen LogP contribution in [0.2, 0.25) is 0 Å². The molecule has 2 rings (SSSR count). The summed E-state index contributed by atoms with van der Waals surface area (Å²) in [5.74, 6) is 0. The van der Waals surface area contributed by atoms with E-state index in [9.17, 15) is 0 Å². The van der Waals surface area contributed by atoms with Gasteiger partial charge in [0.05, 0.1) is 17.4 Å². The highest BCUT2D eigenvalue weighted by molar-refractivity contribution is 5.57. The highest BCUT2D eigenvalue weighted by Gasteiger charge is 2.26. The Morgan fingerprint density at radius 3 is 2.44 bits per heavy atom. The van der Waals surface area contributed by atoms with Crippen molar-refractivity contribution in [1.29, 1.82) is 5.26 Å². The van der Waals surface area contributed by atoms with Crippen molar-refractivity contribution in [2.24, 2.45) is 0 Å². The summed E-state index contributed by atoms with van der Waals surface area (Å²) in [7, 11) is 0. The van der Waals surface area contributed by atoms with E-state index in [-0.39, 0.29) is 5.54 Å². The largest absolute Gasteiger partial charge is 0.367 e. The number of rotatable bonds is 1. The Morgan fingerprint density at radius 1 is 1.22 bits per heavy atom. The molecule has 0 N–H and O–H groups in total. The molecule has 4 nitrogen and oxygen atoms in total. The summed E-state index contributed by atoms with van der Waals surface area (Å²) in [4.78, 5) is 8.87. The van der Waals surface area contributed by atoms with Crippen LogP contribution in [0.3, 0.4) is 0 Å². The van der Waals surface area contributed by atoms with E-state index in [4.69, 9.17) is 5.26 Å². The second kappa shape index (κ2) is 4.95. The monoisotopic (exact) mass is 244 g/mol. The van der Waals surface area contributed by atoms with Crippen LogP contribution >= 0.6 is 0 Å². The molecule has 0 aromatic carbocycles. The summed E-state index contributed by atoms with van der Waals surface area (Å²) in [6, 6.07) is 4.02. The fourth-order valence-electron chi connectivity index (χ4n) is 2.35. The maximum absolute atomic E-state index is 9.12. The molecular formula is C14H20N4. The lowest BCUT2D eigenvalue weighted by Gasteiger charge is -2.43. The normalized spacial score (nSPS) is 17.6. The van der Waals surface area contributed by atoms with Gasteiger partial charge in [-0.1, -0.05) is 0 Å². The van der Waals surface area contributed by atoms with Crippen molar-refractivity contribution in [2.75, 3.05) is 31.1 Å². The van der Waals surface area contributed by atoms with E-state index in [1.54, 1.807) is 18.5 Å². The number of piperazine rings is 1. The van der Waals surface area contributed by atoms with Gasteiger partial charge in [-0.05, 0) is 26.8 Å². The summed E-state index contributed by atoms with van der Waals surface area (Å²) in [5.41, 5.74) is 1.90. The molecule has 0 radical (unpaired) electrons. The fourth-order valence-corrected chi connectivity index (χ4v) is 2.35. The first-order chi connectivity index (χ1) is 8.52. The number of nitrogens with zero attached hydrogens (tertiary/aromatic N) is 4. The van der Waals surface area contributed by atoms with Crippen LogP contribution in [0.15, 0.2) is 18.5 Å². The summed E-state index contributed by atoms with van der Waals surface area (Å²) < 4.78 is 0. The van der Waals surface area contributed by atoms with Crippen LogP contribution in [0.25, 0.3) is 0 Å². The van der Waals surface area contributed by atoms with Gasteiger partial charge < -0.3 is 4.90 Å². The zero-order valence-electron chi connectivity index (χ0n) is 11.3. The topological polar surface area (TPSA) is 43.2 Å². The zero-order chi connectivity index (χ0) is 13.2. The third-order valence-electron chi connectivity index (χ3n) is 3.49. The molecular weight excluding hydrogens is 224 g/mol. The van der Waals surface area contributed by atoms with Crippen LogP contribution in [-0.2, 0) is 0 Å². The lowest BCUT2D eigenvalue weighted by atomic mass is 10.0. The number of hydrogen-bond donors (Lipinski definition) is 0. The Labute approximate surface area is 109 Å². The third-order valence-corrected chi connectivity index (χ3v) is 3.49. The highest BCUT2D eigenvalue weighted by atomic mass is 15.3. The van der Waals surface area contributed by atoms with E-state index in [1.165, 1.54) is 0 Å². The first-order valence-corrected chi connectivity index (χ1v) is 6.36. The summed E-state index contributed by atoms with van der Waals surface area (Å²) in [5, 5.41) is 9.12. The van der Waals surface area contributed by atoms with Gasteiger partial charge in [0, 0.05) is 37.9 Å². The number of hydrogen-bond acceptors (Lipinski definition) is 4. The van der Waals surface area contributed by atoms with E-state index >= 15 is 0 Å². The van der Waals surface area contributed by atoms with Gasteiger partial charge in [-0.15, -0.1) is 0 Å². The van der Waals surface area contributed by atoms with Crippen molar-refractivity contribution in [2.45, 2.75) is 26.3 Å². The zero-order valence-corrected chi connectivity index (χ0v) is 11.3. The highest BCUT2D eigenvalue weighted by Crippen LogP contribution is 2.22. The predicted octanol–water partition coefficient (Wildman–Crippen LogP) is 1.87. The van der Waals surface area contributed by atoms with Gasteiger partial charge in [0.15, 0.2) is 0 Å². The molecule has 0 spiro atoms. The lowest BCUT2D eigenvalue weighted by molar-refractivity contribution is 0.128. The maximum atomic E-state index is 9.12. The molecule has 1 aliphatic rings. The van der Waals surface area contributed by atoms with E-state index < -0.39 is 0 Å². The molecule has 0 unspecified atom stereocenters. The van der Waals surface area contributed by atoms with Crippen LogP contribution in [0, 0.1) is 11.3 Å². The maximum Gasteiger partial charge on any atom is 0.101 e. The number of pyridine rings is 1. The first-order valence-electron chi connectivity index (χ1n) is 6.36. The average Bonchev–Trinajstić information content (AvgIpc) is 2.38. The van der Waals surface area contributed by atoms with E-state index in [1.807, 2.05) is 0 Å². The molecule has 0 amide bonds. The average molecular weight is 244 g/mol. The first kappa shape index (κ1) is 12.8. The SMILES string of the molecule is CC(C)(C)N1CCN(c2cnccc2C#N)CC1. The molecule has 1 aliphatic heterocycles. The second-order valence-electron chi connectivity index (χ2n) is 5.65. The summed E-state index contributed by atoms with van der Waals surface area (Å²) in [6.07, 6.45) is 3.47. The lowest BCUT2D eigenvalue weighted by Crippen LogP contribution is -2.53. The fraction of sp³-hybridized carbons (Fsp3) is 0.571. The van der Waals surface area contributed by atoms with Gasteiger partial charge in [-0.2, -0.15) is 5.26 Å². The van der Waals surface area contributed by atoms with Gasteiger partial charge in [-0.3, -0.25) is 9.88 Å². The standard InChI is InChI=1S/C14H20N4/c1-14(2,3)18-8-6-17(7-9-18)13-11-16-5-4-12(13)10-15/h4-5,11H,6-9H2,1-3H3. The van der Waals surface area contributed by atoms with Crippen LogP contribution in [0.4, 0.5) is 5.69 Å². The van der Waals surface area contributed by atoms with Crippen LogP contribution < -0.4 is 4.90 Å². The van der Waals surface area contributed by atoms with Gasteiger partial charge in [0.1, 0.15) is 6.07 Å². The molecule has 2 heterocycles. The smallest absolute Gasteiger partial charge is 0.101 e. The second-order valence-corrected chi connectivity index (χ2v) is 5.65. The van der Waals surface area contributed by atoms with Crippen molar-refractivity contribution < 1.29 is 0 Å². The Hall–Kier alpha value is -1.60. The Kier molecular flexibility index (Phi) is 3.53. The van der Waals surface area contributed by atoms with Crippen molar-refractivity contribution in [1.82, 2.24) is 9.88 Å². The number of nitriles is 1. The van der Waals surface area contributed by atoms with Gasteiger partial charge in [-0.25, -0.2) is 0 Å². The Bertz CT molecular complexity index is 448. The molecule has 18 heavy (non-hydrogen) atoms. The van der Waals surface area contributed by atoms with E-state index in [2.05, 4.69) is 41.6 Å². The molecule has 1 aromatic heterocycles. The molecule has 1 saturated heterocycles. The third kappa shape index (κ3) is 2.62. The molecule has 1 aromatic rings. The molecule has 0 atom stereocenters. The predicted molar refractivity (Wildman–Crippen MR) is 72.5 cm³/mol. The number of aromatic nitrogens is 1. The van der Waals surface area contributed by atoms with Gasteiger partial charge in [0.2, 0.25) is 0 Å². The molecule has 4 heteroatoms. The quantitative estimate of drug-likeness (QED) is 0.756. The van der Waals surface area contributed by atoms with Crippen molar-refractivity contribution in [3.8, 4) is 6.07 Å². The number of anilines is 1. The van der Waals surface area contributed by atoms with Crippen LogP contribution in [-0.4, -0.2) is 41.6 Å². The summed E-state index contributed by atoms with van der Waals surface area (Å²) in [6.45, 7) is 10.7. The van der Waals surface area contributed by atoms with Crippen LogP contribution in [0.1, 0.15) is 26.3 Å². The molecule has 0 bridgehead atoms. The van der Waals surface area contributed by atoms with Crippen LogP contribution in [0.5, 0.6) is 0 Å². The molecule has 0 aliphatic carbocycles. The van der Waals surface area contributed by atoms with Crippen molar-refractivity contribution >= 4 is 5.69 Å². The molecule has 96 valence electrons. The minimum absolute atomic E-state index is 0.221. The minimum atomic E-state index is 0.221. The molecule has 0 saturated carbocycles. The van der Waals surface area contributed by atoms with E-state index in [0.717, 1.165) is 31.9 Å². The minimum Gasteiger partial charge on any atom is -0.367 e. The Morgan fingerprint density at radius 2 is 1.89 bits per heavy atom. The molecule has 1 fully saturated rings. The van der Waals surface area contributed by atoms with Crippen molar-refractivity contribution in [3.63, 3.8) is 0 Å². The summed E-state index contributed by atoms with van der Waals surface area (Å²) >= 11 is 0. The van der Waals surface area contributed by atoms with Crippen molar-refractivity contribution in [3.05, 3.63) is 24.0 Å². The Balaban J connectivity index is 2.09. The van der Waals surface area contributed by atoms with Gasteiger partial charge in [0.25, 0.3) is 0 Å².